The van der Waals surface area contributed by atoms with Crippen LogP contribution in [0.1, 0.15) is 117 Å². The predicted octanol–water partition coefficient (Wildman–Crippen LogP) is 6.89. The van der Waals surface area contributed by atoms with Crippen molar-refractivity contribution in [1.29, 1.82) is 0 Å². The highest BCUT2D eigenvalue weighted by Crippen LogP contribution is 2.12. The van der Waals surface area contributed by atoms with E-state index in [9.17, 15) is 0 Å². The van der Waals surface area contributed by atoms with Crippen LogP contribution in [0.3, 0.4) is 0 Å². The zero-order valence-corrected chi connectivity index (χ0v) is 18.5. The molecule has 1 rings (SSSR count). The van der Waals surface area contributed by atoms with Gasteiger partial charge in [0.05, 0.1) is 0 Å². The van der Waals surface area contributed by atoms with Crippen molar-refractivity contribution in [2.24, 2.45) is 0 Å². The van der Waals surface area contributed by atoms with E-state index in [0.717, 1.165) is 0 Å². The van der Waals surface area contributed by atoms with Crippen LogP contribution in [0.15, 0.2) is 0 Å². The Morgan fingerprint density at radius 2 is 0.654 bits per heavy atom. The van der Waals surface area contributed by atoms with E-state index in [4.69, 9.17) is 0 Å². The number of piperazine rings is 1. The molecule has 0 saturated carbocycles. The lowest BCUT2D eigenvalue weighted by Crippen LogP contribution is -2.46. The smallest absolute Gasteiger partial charge is 0.0110 e. The highest BCUT2D eigenvalue weighted by Gasteiger charge is 2.15. The second kappa shape index (κ2) is 18.3. The number of nitrogens with zero attached hydrogens (tertiary/aromatic N) is 2. The molecule has 0 atom stereocenters. The SMILES string of the molecule is CCCCCCCCCCCCN1CCN(CCCCCCCC)CC1. The largest absolute Gasteiger partial charge is 0.301 e. The van der Waals surface area contributed by atoms with E-state index < -0.39 is 0 Å². The van der Waals surface area contributed by atoms with E-state index in [2.05, 4.69) is 23.6 Å². The average molecular weight is 367 g/mol. The van der Waals surface area contributed by atoms with Gasteiger partial charge >= 0.3 is 0 Å². The summed E-state index contributed by atoms with van der Waals surface area (Å²) in [5, 5.41) is 0. The molecule has 2 nitrogen and oxygen atoms in total. The summed E-state index contributed by atoms with van der Waals surface area (Å²) in [6.45, 7) is 12.5. The van der Waals surface area contributed by atoms with Crippen molar-refractivity contribution in [1.82, 2.24) is 9.80 Å². The van der Waals surface area contributed by atoms with E-state index in [1.807, 2.05) is 0 Å². The molecule has 0 aromatic carbocycles. The van der Waals surface area contributed by atoms with Gasteiger partial charge < -0.3 is 9.80 Å². The Morgan fingerprint density at radius 1 is 0.385 bits per heavy atom. The number of rotatable bonds is 18. The van der Waals surface area contributed by atoms with Gasteiger partial charge in [-0.2, -0.15) is 0 Å². The molecule has 0 spiro atoms. The third kappa shape index (κ3) is 14.0. The topological polar surface area (TPSA) is 6.48 Å². The van der Waals surface area contributed by atoms with Gasteiger partial charge in [0, 0.05) is 26.2 Å². The van der Waals surface area contributed by atoms with Crippen LogP contribution in [0.5, 0.6) is 0 Å². The van der Waals surface area contributed by atoms with Crippen molar-refractivity contribution in [2.75, 3.05) is 39.3 Å². The molecule has 0 amide bonds. The van der Waals surface area contributed by atoms with Gasteiger partial charge in [-0.05, 0) is 25.9 Å². The molecule has 1 fully saturated rings. The molecule has 26 heavy (non-hydrogen) atoms. The monoisotopic (exact) mass is 366 g/mol. The zero-order valence-electron chi connectivity index (χ0n) is 18.5. The Kier molecular flexibility index (Phi) is 16.9. The van der Waals surface area contributed by atoms with Crippen molar-refractivity contribution >= 4 is 0 Å². The molecule has 0 aliphatic carbocycles. The highest BCUT2D eigenvalue weighted by molar-refractivity contribution is 4.71. The Bertz CT molecular complexity index is 271. The lowest BCUT2D eigenvalue weighted by molar-refractivity contribution is 0.129. The molecule has 1 heterocycles. The Morgan fingerprint density at radius 3 is 0.962 bits per heavy atom. The van der Waals surface area contributed by atoms with E-state index in [1.165, 1.54) is 142 Å². The first-order valence-corrected chi connectivity index (χ1v) is 12.3. The van der Waals surface area contributed by atoms with Gasteiger partial charge in [-0.25, -0.2) is 0 Å². The summed E-state index contributed by atoms with van der Waals surface area (Å²) >= 11 is 0. The second-order valence-electron chi connectivity index (χ2n) is 8.63. The average Bonchev–Trinajstić information content (AvgIpc) is 2.67. The lowest BCUT2D eigenvalue weighted by atomic mass is 10.1. The summed E-state index contributed by atoms with van der Waals surface area (Å²) < 4.78 is 0. The van der Waals surface area contributed by atoms with Crippen LogP contribution in [0.25, 0.3) is 0 Å². The fraction of sp³-hybridized carbons (Fsp3) is 1.00. The summed E-state index contributed by atoms with van der Waals surface area (Å²) in [5.41, 5.74) is 0. The van der Waals surface area contributed by atoms with Crippen LogP contribution in [0.4, 0.5) is 0 Å². The van der Waals surface area contributed by atoms with Crippen LogP contribution in [-0.4, -0.2) is 49.1 Å². The molecule has 1 aliphatic rings. The van der Waals surface area contributed by atoms with Crippen molar-refractivity contribution in [3.05, 3.63) is 0 Å². The third-order valence-electron chi connectivity index (χ3n) is 6.12. The number of hydrogen-bond donors (Lipinski definition) is 0. The summed E-state index contributed by atoms with van der Waals surface area (Å²) in [6, 6.07) is 0. The van der Waals surface area contributed by atoms with Gasteiger partial charge in [0.25, 0.3) is 0 Å². The molecule has 0 N–H and O–H groups in total. The fourth-order valence-electron chi connectivity index (χ4n) is 4.18. The summed E-state index contributed by atoms with van der Waals surface area (Å²) in [6.07, 6.45) is 23.0. The minimum absolute atomic E-state index is 1.31. The Labute approximate surface area is 166 Å². The maximum absolute atomic E-state index is 2.71. The van der Waals surface area contributed by atoms with Crippen molar-refractivity contribution in [3.8, 4) is 0 Å². The molecule has 0 bridgehead atoms. The van der Waals surface area contributed by atoms with Crippen molar-refractivity contribution < 1.29 is 0 Å². The van der Waals surface area contributed by atoms with Gasteiger partial charge in [-0.1, -0.05) is 104 Å². The highest BCUT2D eigenvalue weighted by atomic mass is 15.3. The van der Waals surface area contributed by atoms with Crippen LogP contribution >= 0.6 is 0 Å². The van der Waals surface area contributed by atoms with Gasteiger partial charge in [0.2, 0.25) is 0 Å². The van der Waals surface area contributed by atoms with E-state index in [1.54, 1.807) is 0 Å². The zero-order chi connectivity index (χ0) is 18.7. The van der Waals surface area contributed by atoms with Gasteiger partial charge in [0.1, 0.15) is 0 Å². The van der Waals surface area contributed by atoms with Crippen molar-refractivity contribution in [3.63, 3.8) is 0 Å². The predicted molar refractivity (Wildman–Crippen MR) is 118 cm³/mol. The lowest BCUT2D eigenvalue weighted by Gasteiger charge is -2.34. The first-order chi connectivity index (χ1) is 12.9. The van der Waals surface area contributed by atoms with Gasteiger partial charge in [-0.3, -0.25) is 0 Å². The van der Waals surface area contributed by atoms with E-state index in [-0.39, 0.29) is 0 Å². The van der Waals surface area contributed by atoms with Crippen LogP contribution in [0.2, 0.25) is 0 Å². The molecule has 0 radical (unpaired) electrons. The maximum atomic E-state index is 2.71. The van der Waals surface area contributed by atoms with Gasteiger partial charge in [0.15, 0.2) is 0 Å². The Hall–Kier alpha value is -0.0800. The minimum atomic E-state index is 1.31. The third-order valence-corrected chi connectivity index (χ3v) is 6.12. The van der Waals surface area contributed by atoms with Crippen LogP contribution in [-0.2, 0) is 0 Å². The van der Waals surface area contributed by atoms with E-state index in [0.29, 0.717) is 0 Å². The summed E-state index contributed by atoms with van der Waals surface area (Å²) in [5.74, 6) is 0. The van der Waals surface area contributed by atoms with Gasteiger partial charge in [-0.15, -0.1) is 0 Å². The first-order valence-electron chi connectivity index (χ1n) is 12.3. The molecule has 0 aromatic rings. The first kappa shape index (κ1) is 24.0. The summed E-state index contributed by atoms with van der Waals surface area (Å²) in [7, 11) is 0. The molecule has 0 aromatic heterocycles. The second-order valence-corrected chi connectivity index (χ2v) is 8.63. The van der Waals surface area contributed by atoms with Crippen LogP contribution < -0.4 is 0 Å². The molecular weight excluding hydrogens is 316 g/mol. The summed E-state index contributed by atoms with van der Waals surface area (Å²) in [4.78, 5) is 5.41. The fourth-order valence-corrected chi connectivity index (χ4v) is 4.18. The van der Waals surface area contributed by atoms with Crippen LogP contribution in [0, 0.1) is 0 Å². The minimum Gasteiger partial charge on any atom is -0.301 e. The normalized spacial score (nSPS) is 16.4. The van der Waals surface area contributed by atoms with E-state index >= 15 is 0 Å². The standard InChI is InChI=1S/C24H50N2/c1-3-5-7-9-11-12-13-14-16-18-20-26-23-21-25(22-24-26)19-17-15-10-8-6-4-2/h3-24H2,1-2H3. The Balaban J connectivity index is 1.82. The molecule has 0 unspecified atom stereocenters. The maximum Gasteiger partial charge on any atom is 0.0110 e. The number of hydrogen-bond acceptors (Lipinski definition) is 2. The molecule has 1 aliphatic heterocycles. The molecule has 2 heteroatoms. The molecular formula is C24H50N2. The molecule has 156 valence electrons. The quantitative estimate of drug-likeness (QED) is 0.244. The molecule has 1 saturated heterocycles. The number of unbranched alkanes of at least 4 members (excludes halogenated alkanes) is 14. The van der Waals surface area contributed by atoms with Crippen molar-refractivity contribution in [2.45, 2.75) is 117 Å².